The summed E-state index contributed by atoms with van der Waals surface area (Å²) in [4.78, 5) is 28.4. The Kier molecular flexibility index (Phi) is 7.24. The average Bonchev–Trinajstić information content (AvgIpc) is 2.65. The van der Waals surface area contributed by atoms with E-state index in [1.54, 1.807) is 32.9 Å². The van der Waals surface area contributed by atoms with Crippen molar-refractivity contribution in [1.29, 1.82) is 0 Å². The molecule has 1 unspecified atom stereocenters. The van der Waals surface area contributed by atoms with Gasteiger partial charge in [-0.05, 0) is 37.6 Å². The highest BCUT2D eigenvalue weighted by Crippen LogP contribution is 2.18. The van der Waals surface area contributed by atoms with Crippen molar-refractivity contribution in [2.24, 2.45) is 0 Å². The van der Waals surface area contributed by atoms with E-state index in [0.29, 0.717) is 17.8 Å². The van der Waals surface area contributed by atoms with E-state index >= 15 is 0 Å². The van der Waals surface area contributed by atoms with Gasteiger partial charge in [0.2, 0.25) is 5.88 Å². The summed E-state index contributed by atoms with van der Waals surface area (Å²) in [6, 6.07) is 5.51. The van der Waals surface area contributed by atoms with E-state index in [1.807, 2.05) is 0 Å². The average molecular weight is 410 g/mol. The summed E-state index contributed by atoms with van der Waals surface area (Å²) in [5, 5.41) is 9.81. The molecule has 10 heteroatoms. The number of hydrogen-bond acceptors (Lipinski definition) is 6. The summed E-state index contributed by atoms with van der Waals surface area (Å²) < 4.78 is 40.9. The molecule has 0 radical (unpaired) electrons. The van der Waals surface area contributed by atoms with Crippen LogP contribution in [0.2, 0.25) is 0 Å². The van der Waals surface area contributed by atoms with E-state index in [4.69, 9.17) is 0 Å². The van der Waals surface area contributed by atoms with Crippen LogP contribution < -0.4 is 10.1 Å². The van der Waals surface area contributed by atoms with Crippen molar-refractivity contribution >= 4 is 11.7 Å². The van der Waals surface area contributed by atoms with Gasteiger partial charge in [0.05, 0.1) is 6.04 Å². The topological polar surface area (TPSA) is 94.1 Å². The van der Waals surface area contributed by atoms with Gasteiger partial charge in [0.15, 0.2) is 12.3 Å². The van der Waals surface area contributed by atoms with Crippen LogP contribution in [-0.2, 0) is 11.2 Å². The maximum Gasteiger partial charge on any atom is 0.422 e. The summed E-state index contributed by atoms with van der Waals surface area (Å²) in [6.45, 7) is 3.84. The molecule has 156 valence electrons. The van der Waals surface area contributed by atoms with E-state index in [-0.39, 0.29) is 23.8 Å². The lowest BCUT2D eigenvalue weighted by Gasteiger charge is -2.16. The van der Waals surface area contributed by atoms with Crippen LogP contribution in [0, 0.1) is 6.92 Å². The fraction of sp³-hybridized carbons (Fsp3) is 0.421. The van der Waals surface area contributed by atoms with Crippen LogP contribution in [0.1, 0.15) is 53.7 Å². The SMILES string of the molecule is CCC(=O)Cc1cc(C(C)NC(=O)c2ccc(OCC(F)(F)F)nn2)cc(C)n1. The molecule has 2 aromatic heterocycles. The smallest absolute Gasteiger partial charge is 0.422 e. The molecular weight excluding hydrogens is 389 g/mol. The maximum absolute atomic E-state index is 12.3. The highest BCUT2D eigenvalue weighted by Gasteiger charge is 2.28. The lowest BCUT2D eigenvalue weighted by Crippen LogP contribution is -2.28. The van der Waals surface area contributed by atoms with Crippen LogP contribution in [-0.4, -0.2) is 39.7 Å². The van der Waals surface area contributed by atoms with Crippen LogP contribution in [0.3, 0.4) is 0 Å². The van der Waals surface area contributed by atoms with Gasteiger partial charge in [-0.15, -0.1) is 10.2 Å². The molecule has 7 nitrogen and oxygen atoms in total. The van der Waals surface area contributed by atoms with Crippen molar-refractivity contribution in [2.45, 2.75) is 45.8 Å². The van der Waals surface area contributed by atoms with Crippen molar-refractivity contribution in [1.82, 2.24) is 20.5 Å². The standard InChI is InChI=1S/C19H21F3N4O3/c1-4-15(27)9-14-8-13(7-11(2)23-14)12(3)24-18(28)16-5-6-17(26-25-16)29-10-19(20,21)22/h5-8,12H,4,9-10H2,1-3H3,(H,24,28). The van der Waals surface area contributed by atoms with E-state index < -0.39 is 24.7 Å². The van der Waals surface area contributed by atoms with Gasteiger partial charge >= 0.3 is 6.18 Å². The van der Waals surface area contributed by atoms with Gasteiger partial charge in [-0.1, -0.05) is 6.92 Å². The number of rotatable bonds is 8. The Hall–Kier alpha value is -3.04. The molecule has 0 saturated heterocycles. The Morgan fingerprint density at radius 2 is 1.93 bits per heavy atom. The molecule has 2 rings (SSSR count). The van der Waals surface area contributed by atoms with Crippen LogP contribution in [0.25, 0.3) is 0 Å². The highest BCUT2D eigenvalue weighted by atomic mass is 19.4. The quantitative estimate of drug-likeness (QED) is 0.719. The monoisotopic (exact) mass is 410 g/mol. The first kappa shape index (κ1) is 22.3. The predicted octanol–water partition coefficient (Wildman–Crippen LogP) is 3.13. The van der Waals surface area contributed by atoms with E-state index in [1.165, 1.54) is 6.07 Å². The molecule has 0 bridgehead atoms. The number of Topliss-reactive ketones (excluding diaryl/α,β-unsaturated/α-hetero) is 1. The first-order valence-corrected chi connectivity index (χ1v) is 8.90. The minimum absolute atomic E-state index is 0.0637. The largest absolute Gasteiger partial charge is 0.467 e. The molecule has 0 spiro atoms. The van der Waals surface area contributed by atoms with Gasteiger partial charge in [0.1, 0.15) is 5.78 Å². The maximum atomic E-state index is 12.3. The number of carbonyl (C=O) groups excluding carboxylic acids is 2. The van der Waals surface area contributed by atoms with Crippen molar-refractivity contribution in [2.75, 3.05) is 6.61 Å². The number of aromatic nitrogens is 3. The molecule has 1 N–H and O–H groups in total. The Morgan fingerprint density at radius 3 is 2.52 bits per heavy atom. The normalized spacial score (nSPS) is 12.3. The van der Waals surface area contributed by atoms with Gasteiger partial charge in [-0.3, -0.25) is 14.6 Å². The zero-order chi connectivity index (χ0) is 21.6. The summed E-state index contributed by atoms with van der Waals surface area (Å²) in [7, 11) is 0. The Balaban J connectivity index is 2.04. The van der Waals surface area contributed by atoms with Gasteiger partial charge in [-0.25, -0.2) is 0 Å². The third kappa shape index (κ3) is 7.13. The number of amides is 1. The second kappa shape index (κ2) is 9.44. The number of alkyl halides is 3. The number of hydrogen-bond donors (Lipinski definition) is 1. The first-order chi connectivity index (χ1) is 13.6. The van der Waals surface area contributed by atoms with Gasteiger partial charge in [-0.2, -0.15) is 13.2 Å². The number of carbonyl (C=O) groups is 2. The van der Waals surface area contributed by atoms with E-state index in [2.05, 4.69) is 25.2 Å². The summed E-state index contributed by atoms with van der Waals surface area (Å²) in [5.41, 5.74) is 2.04. The minimum atomic E-state index is -4.49. The third-order valence-electron chi connectivity index (χ3n) is 3.91. The fourth-order valence-electron chi connectivity index (χ4n) is 2.46. The third-order valence-corrected chi connectivity index (χ3v) is 3.91. The fourth-order valence-corrected chi connectivity index (χ4v) is 2.46. The zero-order valence-corrected chi connectivity index (χ0v) is 16.2. The number of ether oxygens (including phenoxy) is 1. The molecule has 1 atom stereocenters. The van der Waals surface area contributed by atoms with Gasteiger partial charge in [0.25, 0.3) is 5.91 Å². The molecular formula is C19H21F3N4O3. The molecule has 0 fully saturated rings. The molecule has 0 saturated carbocycles. The molecule has 29 heavy (non-hydrogen) atoms. The van der Waals surface area contributed by atoms with Gasteiger partial charge in [0, 0.05) is 30.3 Å². The van der Waals surface area contributed by atoms with Gasteiger partial charge < -0.3 is 10.1 Å². The lowest BCUT2D eigenvalue weighted by atomic mass is 10.0. The number of aryl methyl sites for hydroxylation is 1. The van der Waals surface area contributed by atoms with Crippen molar-refractivity contribution < 1.29 is 27.5 Å². The Bertz CT molecular complexity index is 870. The van der Waals surface area contributed by atoms with E-state index in [9.17, 15) is 22.8 Å². The molecule has 0 aliphatic heterocycles. The zero-order valence-electron chi connectivity index (χ0n) is 16.2. The molecule has 0 aliphatic carbocycles. The Morgan fingerprint density at radius 1 is 1.21 bits per heavy atom. The number of nitrogens with zero attached hydrogens (tertiary/aromatic N) is 3. The van der Waals surface area contributed by atoms with Crippen molar-refractivity contribution in [3.63, 3.8) is 0 Å². The van der Waals surface area contributed by atoms with Crippen molar-refractivity contribution in [3.05, 3.63) is 46.9 Å². The molecule has 2 heterocycles. The van der Waals surface area contributed by atoms with Crippen LogP contribution in [0.4, 0.5) is 13.2 Å². The van der Waals surface area contributed by atoms with Crippen LogP contribution in [0.15, 0.2) is 24.3 Å². The van der Waals surface area contributed by atoms with Crippen LogP contribution in [0.5, 0.6) is 5.88 Å². The predicted molar refractivity (Wildman–Crippen MR) is 97.4 cm³/mol. The molecule has 2 aromatic rings. The number of pyridine rings is 1. The van der Waals surface area contributed by atoms with Crippen molar-refractivity contribution in [3.8, 4) is 5.88 Å². The number of ketones is 1. The van der Waals surface area contributed by atoms with E-state index in [0.717, 1.165) is 11.6 Å². The second-order valence-electron chi connectivity index (χ2n) is 6.46. The minimum Gasteiger partial charge on any atom is -0.467 e. The number of nitrogens with one attached hydrogen (secondary N) is 1. The summed E-state index contributed by atoms with van der Waals surface area (Å²) in [6.07, 6.45) is -3.86. The lowest BCUT2D eigenvalue weighted by molar-refractivity contribution is -0.154. The number of halogens is 3. The first-order valence-electron chi connectivity index (χ1n) is 8.90. The molecule has 0 aliphatic rings. The highest BCUT2D eigenvalue weighted by molar-refractivity contribution is 5.92. The molecule has 1 amide bonds. The summed E-state index contributed by atoms with van der Waals surface area (Å²) in [5.74, 6) is -0.816. The second-order valence-corrected chi connectivity index (χ2v) is 6.46. The molecule has 0 aromatic carbocycles. The van der Waals surface area contributed by atoms with Crippen LogP contribution >= 0.6 is 0 Å². The Labute approximate surface area is 165 Å². The summed E-state index contributed by atoms with van der Waals surface area (Å²) >= 11 is 0.